The van der Waals surface area contributed by atoms with Crippen molar-refractivity contribution in [1.82, 2.24) is 14.9 Å². The first kappa shape index (κ1) is 13.1. The summed E-state index contributed by atoms with van der Waals surface area (Å²) in [6.07, 6.45) is 1.03. The van der Waals surface area contributed by atoms with Gasteiger partial charge in [-0.1, -0.05) is 12.1 Å². The SMILES string of the molecule is CCn1c(CNCCCOC)nc2ccccc21. The molecule has 0 aliphatic carbocycles. The fraction of sp³-hybridized carbons (Fsp3) is 0.500. The summed E-state index contributed by atoms with van der Waals surface area (Å²) in [5.74, 6) is 1.11. The van der Waals surface area contributed by atoms with Crippen molar-refractivity contribution in [2.24, 2.45) is 0 Å². The molecule has 0 saturated heterocycles. The number of hydrogen-bond donors (Lipinski definition) is 1. The van der Waals surface area contributed by atoms with E-state index in [4.69, 9.17) is 4.74 Å². The Kier molecular flexibility index (Phi) is 4.73. The van der Waals surface area contributed by atoms with Gasteiger partial charge in [-0.15, -0.1) is 0 Å². The summed E-state index contributed by atoms with van der Waals surface area (Å²) in [6.45, 7) is 5.68. The van der Waals surface area contributed by atoms with Gasteiger partial charge in [0.1, 0.15) is 5.82 Å². The molecular weight excluding hydrogens is 226 g/mol. The Bertz CT molecular complexity index is 493. The van der Waals surface area contributed by atoms with Crippen molar-refractivity contribution < 1.29 is 4.74 Å². The topological polar surface area (TPSA) is 39.1 Å². The zero-order chi connectivity index (χ0) is 12.8. The number of aryl methyl sites for hydroxylation is 1. The van der Waals surface area contributed by atoms with Crippen LogP contribution in [0.3, 0.4) is 0 Å². The Morgan fingerprint density at radius 2 is 2.17 bits per heavy atom. The molecule has 1 aromatic carbocycles. The van der Waals surface area contributed by atoms with Crippen molar-refractivity contribution in [3.05, 3.63) is 30.1 Å². The average Bonchev–Trinajstić information content (AvgIpc) is 2.76. The molecule has 1 heterocycles. The number of para-hydroxylation sites is 2. The van der Waals surface area contributed by atoms with Crippen LogP contribution < -0.4 is 5.32 Å². The first-order chi connectivity index (χ1) is 8.86. The minimum Gasteiger partial charge on any atom is -0.385 e. The van der Waals surface area contributed by atoms with Gasteiger partial charge in [0.2, 0.25) is 0 Å². The van der Waals surface area contributed by atoms with E-state index in [0.717, 1.165) is 44.0 Å². The van der Waals surface area contributed by atoms with Crippen LogP contribution in [0.1, 0.15) is 19.2 Å². The number of nitrogens with zero attached hydrogens (tertiary/aromatic N) is 2. The summed E-state index contributed by atoms with van der Waals surface area (Å²) in [6, 6.07) is 8.28. The number of rotatable bonds is 7. The number of fused-ring (bicyclic) bond motifs is 1. The van der Waals surface area contributed by atoms with Gasteiger partial charge in [-0.3, -0.25) is 0 Å². The van der Waals surface area contributed by atoms with Crippen LogP contribution >= 0.6 is 0 Å². The smallest absolute Gasteiger partial charge is 0.123 e. The van der Waals surface area contributed by atoms with E-state index in [9.17, 15) is 0 Å². The standard InChI is InChI=1S/C14H21N3O/c1-3-17-13-8-5-4-7-12(13)16-14(17)11-15-9-6-10-18-2/h4-5,7-8,15H,3,6,9-11H2,1-2H3. The molecule has 1 aromatic heterocycles. The molecule has 0 aliphatic heterocycles. The van der Waals surface area contributed by atoms with Gasteiger partial charge in [-0.25, -0.2) is 4.98 Å². The minimum atomic E-state index is 0.803. The van der Waals surface area contributed by atoms with E-state index >= 15 is 0 Å². The fourth-order valence-electron chi connectivity index (χ4n) is 2.15. The highest BCUT2D eigenvalue weighted by molar-refractivity contribution is 5.75. The van der Waals surface area contributed by atoms with E-state index in [1.807, 2.05) is 6.07 Å². The average molecular weight is 247 g/mol. The molecule has 0 atom stereocenters. The second-order valence-corrected chi connectivity index (χ2v) is 4.28. The van der Waals surface area contributed by atoms with Gasteiger partial charge in [-0.2, -0.15) is 0 Å². The van der Waals surface area contributed by atoms with E-state index in [-0.39, 0.29) is 0 Å². The fourth-order valence-corrected chi connectivity index (χ4v) is 2.15. The van der Waals surface area contributed by atoms with Crippen LogP contribution in [0.25, 0.3) is 11.0 Å². The molecule has 0 amide bonds. The van der Waals surface area contributed by atoms with Crippen LogP contribution in [0.2, 0.25) is 0 Å². The predicted molar refractivity (Wildman–Crippen MR) is 73.6 cm³/mol. The molecular formula is C14H21N3O. The number of nitrogens with one attached hydrogen (secondary N) is 1. The first-order valence-electron chi connectivity index (χ1n) is 6.50. The lowest BCUT2D eigenvalue weighted by atomic mass is 10.3. The van der Waals surface area contributed by atoms with E-state index in [1.165, 1.54) is 5.52 Å². The third-order valence-corrected chi connectivity index (χ3v) is 3.03. The quantitative estimate of drug-likeness (QED) is 0.762. The molecule has 0 aliphatic rings. The third-order valence-electron chi connectivity index (χ3n) is 3.03. The summed E-state index contributed by atoms with van der Waals surface area (Å²) >= 11 is 0. The summed E-state index contributed by atoms with van der Waals surface area (Å²) < 4.78 is 7.29. The lowest BCUT2D eigenvalue weighted by Gasteiger charge is -2.07. The maximum atomic E-state index is 5.03. The highest BCUT2D eigenvalue weighted by Gasteiger charge is 2.07. The molecule has 98 valence electrons. The van der Waals surface area contributed by atoms with Gasteiger partial charge in [0, 0.05) is 20.3 Å². The van der Waals surface area contributed by atoms with Crippen molar-refractivity contribution >= 4 is 11.0 Å². The molecule has 0 radical (unpaired) electrons. The lowest BCUT2D eigenvalue weighted by molar-refractivity contribution is 0.194. The zero-order valence-electron chi connectivity index (χ0n) is 11.1. The highest BCUT2D eigenvalue weighted by Crippen LogP contribution is 2.15. The van der Waals surface area contributed by atoms with Crippen LogP contribution in [0, 0.1) is 0 Å². The van der Waals surface area contributed by atoms with Crippen LogP contribution in [0.4, 0.5) is 0 Å². The Balaban J connectivity index is 2.03. The van der Waals surface area contributed by atoms with Crippen molar-refractivity contribution in [3.8, 4) is 0 Å². The van der Waals surface area contributed by atoms with Gasteiger partial charge in [-0.05, 0) is 32.0 Å². The molecule has 0 saturated carbocycles. The summed E-state index contributed by atoms with van der Waals surface area (Å²) in [5, 5.41) is 3.41. The van der Waals surface area contributed by atoms with Crippen molar-refractivity contribution in [2.75, 3.05) is 20.3 Å². The molecule has 0 unspecified atom stereocenters. The van der Waals surface area contributed by atoms with Crippen LogP contribution in [0.15, 0.2) is 24.3 Å². The van der Waals surface area contributed by atoms with Gasteiger partial charge in [0.05, 0.1) is 17.6 Å². The van der Waals surface area contributed by atoms with E-state index in [2.05, 4.69) is 40.0 Å². The molecule has 4 heteroatoms. The molecule has 2 rings (SSSR count). The Morgan fingerprint density at radius 3 is 2.94 bits per heavy atom. The summed E-state index contributed by atoms with van der Waals surface area (Å²) in [7, 11) is 1.73. The van der Waals surface area contributed by atoms with Crippen molar-refractivity contribution in [1.29, 1.82) is 0 Å². The number of benzene rings is 1. The number of methoxy groups -OCH3 is 1. The normalized spacial score (nSPS) is 11.2. The lowest BCUT2D eigenvalue weighted by Crippen LogP contribution is -2.19. The van der Waals surface area contributed by atoms with Gasteiger partial charge >= 0.3 is 0 Å². The van der Waals surface area contributed by atoms with Crippen molar-refractivity contribution in [3.63, 3.8) is 0 Å². The predicted octanol–water partition coefficient (Wildman–Crippen LogP) is 2.18. The number of imidazole rings is 1. The van der Waals surface area contributed by atoms with Crippen molar-refractivity contribution in [2.45, 2.75) is 26.4 Å². The third kappa shape index (κ3) is 2.89. The van der Waals surface area contributed by atoms with E-state index in [1.54, 1.807) is 7.11 Å². The molecule has 1 N–H and O–H groups in total. The van der Waals surface area contributed by atoms with Gasteiger partial charge in [0.15, 0.2) is 0 Å². The van der Waals surface area contributed by atoms with Crippen LogP contribution in [-0.2, 0) is 17.8 Å². The van der Waals surface area contributed by atoms with Crippen LogP contribution in [-0.4, -0.2) is 29.8 Å². The maximum Gasteiger partial charge on any atom is 0.123 e. The molecule has 4 nitrogen and oxygen atoms in total. The Hall–Kier alpha value is -1.39. The molecule has 0 bridgehead atoms. The highest BCUT2D eigenvalue weighted by atomic mass is 16.5. The monoisotopic (exact) mass is 247 g/mol. The molecule has 0 spiro atoms. The molecule has 18 heavy (non-hydrogen) atoms. The second-order valence-electron chi connectivity index (χ2n) is 4.28. The summed E-state index contributed by atoms with van der Waals surface area (Å²) in [5.41, 5.74) is 2.29. The number of ether oxygens (including phenoxy) is 1. The Labute approximate surface area is 108 Å². The maximum absolute atomic E-state index is 5.03. The van der Waals surface area contributed by atoms with E-state index < -0.39 is 0 Å². The largest absolute Gasteiger partial charge is 0.385 e. The number of hydrogen-bond acceptors (Lipinski definition) is 3. The number of aromatic nitrogens is 2. The molecule has 0 fully saturated rings. The zero-order valence-corrected chi connectivity index (χ0v) is 11.1. The first-order valence-corrected chi connectivity index (χ1v) is 6.50. The minimum absolute atomic E-state index is 0.803. The van der Waals surface area contributed by atoms with Gasteiger partial charge in [0.25, 0.3) is 0 Å². The second kappa shape index (κ2) is 6.52. The summed E-state index contributed by atoms with van der Waals surface area (Å²) in [4.78, 5) is 4.67. The van der Waals surface area contributed by atoms with E-state index in [0.29, 0.717) is 0 Å². The Morgan fingerprint density at radius 1 is 1.33 bits per heavy atom. The molecule has 2 aromatic rings. The van der Waals surface area contributed by atoms with Gasteiger partial charge < -0.3 is 14.6 Å². The van der Waals surface area contributed by atoms with Crippen LogP contribution in [0.5, 0.6) is 0 Å².